The van der Waals surface area contributed by atoms with Crippen molar-refractivity contribution >= 4 is 57.1 Å². The van der Waals surface area contributed by atoms with Crippen LogP contribution in [0.25, 0.3) is 11.0 Å². The molecule has 0 aliphatic heterocycles. The van der Waals surface area contributed by atoms with Crippen molar-refractivity contribution in [3.63, 3.8) is 0 Å². The molecule has 3 rings (SSSR count). The summed E-state index contributed by atoms with van der Waals surface area (Å²) in [7, 11) is 0. The van der Waals surface area contributed by atoms with Crippen LogP contribution in [0, 0.1) is 3.57 Å². The van der Waals surface area contributed by atoms with Gasteiger partial charge in [-0.2, -0.15) is 0 Å². The predicted octanol–water partition coefficient (Wildman–Crippen LogP) is 4.89. The largest absolute Gasteiger partial charge is 0.309 e. The number of amides is 1. The summed E-state index contributed by atoms with van der Waals surface area (Å²) in [5.41, 5.74) is 2.43. The number of hydrogen-bond donors (Lipinski definition) is 1. The van der Waals surface area contributed by atoms with E-state index in [9.17, 15) is 4.79 Å². The SMILES string of the molecule is CCN(CC)CCn1c(NC(=O)c2cc(Cl)ccc2I)nc2ccccc21. The predicted molar refractivity (Wildman–Crippen MR) is 120 cm³/mol. The standard InChI is InChI=1S/C20H22ClIN4O/c1-3-25(4-2)11-12-26-18-8-6-5-7-17(18)23-20(26)24-19(27)15-13-14(21)9-10-16(15)22/h5-10,13H,3-4,11-12H2,1-2H3,(H,23,24,27). The summed E-state index contributed by atoms with van der Waals surface area (Å²) in [4.78, 5) is 19.8. The van der Waals surface area contributed by atoms with Crippen molar-refractivity contribution in [2.45, 2.75) is 20.4 Å². The average Bonchev–Trinajstić information content (AvgIpc) is 3.01. The number of likely N-dealkylation sites (N-methyl/N-ethyl adjacent to an activating group) is 1. The lowest BCUT2D eigenvalue weighted by molar-refractivity contribution is 0.102. The number of carbonyl (C=O) groups is 1. The van der Waals surface area contributed by atoms with Gasteiger partial charge in [-0.1, -0.05) is 37.6 Å². The van der Waals surface area contributed by atoms with Gasteiger partial charge in [0.15, 0.2) is 0 Å². The number of nitrogens with one attached hydrogen (secondary N) is 1. The smallest absolute Gasteiger partial charge is 0.259 e. The zero-order chi connectivity index (χ0) is 19.4. The first-order valence-electron chi connectivity index (χ1n) is 8.97. The molecule has 3 aromatic rings. The maximum Gasteiger partial charge on any atom is 0.259 e. The molecule has 5 nitrogen and oxygen atoms in total. The molecule has 0 unspecified atom stereocenters. The van der Waals surface area contributed by atoms with E-state index in [1.165, 1.54) is 0 Å². The van der Waals surface area contributed by atoms with Crippen LogP contribution < -0.4 is 5.32 Å². The third-order valence-corrected chi connectivity index (χ3v) is 5.76. The van der Waals surface area contributed by atoms with Crippen molar-refractivity contribution in [2.24, 2.45) is 0 Å². The van der Waals surface area contributed by atoms with E-state index in [-0.39, 0.29) is 5.91 Å². The molecule has 0 aliphatic carbocycles. The van der Waals surface area contributed by atoms with E-state index in [1.54, 1.807) is 12.1 Å². The highest BCUT2D eigenvalue weighted by atomic mass is 127. The van der Waals surface area contributed by atoms with Gasteiger partial charge in [-0.05, 0) is 66.0 Å². The van der Waals surface area contributed by atoms with Crippen molar-refractivity contribution in [3.05, 3.63) is 56.6 Å². The van der Waals surface area contributed by atoms with E-state index in [4.69, 9.17) is 11.6 Å². The highest BCUT2D eigenvalue weighted by molar-refractivity contribution is 14.1. The third kappa shape index (κ3) is 4.62. The number of hydrogen-bond acceptors (Lipinski definition) is 3. The van der Waals surface area contributed by atoms with Gasteiger partial charge in [0.1, 0.15) is 0 Å². The molecule has 1 heterocycles. The molecule has 0 aliphatic rings. The lowest BCUT2D eigenvalue weighted by atomic mass is 10.2. The van der Waals surface area contributed by atoms with E-state index in [0.717, 1.165) is 40.8 Å². The maximum absolute atomic E-state index is 12.8. The van der Waals surface area contributed by atoms with Crippen LogP contribution in [0.2, 0.25) is 5.02 Å². The lowest BCUT2D eigenvalue weighted by Gasteiger charge is -2.19. The molecule has 27 heavy (non-hydrogen) atoms. The van der Waals surface area contributed by atoms with Crippen LogP contribution in [0.1, 0.15) is 24.2 Å². The number of benzene rings is 2. The van der Waals surface area contributed by atoms with Gasteiger partial charge in [0.25, 0.3) is 5.91 Å². The quantitative estimate of drug-likeness (QED) is 0.474. The molecule has 0 fully saturated rings. The lowest BCUT2D eigenvalue weighted by Crippen LogP contribution is -2.27. The number of aromatic nitrogens is 2. The normalized spacial score (nSPS) is 11.3. The van der Waals surface area contributed by atoms with Gasteiger partial charge in [-0.25, -0.2) is 4.98 Å². The highest BCUT2D eigenvalue weighted by Crippen LogP contribution is 2.22. The minimum atomic E-state index is -0.207. The minimum Gasteiger partial charge on any atom is -0.309 e. The summed E-state index contributed by atoms with van der Waals surface area (Å²) >= 11 is 8.21. The number of anilines is 1. The first kappa shape index (κ1) is 20.1. The topological polar surface area (TPSA) is 50.2 Å². The van der Waals surface area contributed by atoms with Crippen LogP contribution in [-0.2, 0) is 6.54 Å². The highest BCUT2D eigenvalue weighted by Gasteiger charge is 2.17. The van der Waals surface area contributed by atoms with Crippen molar-refractivity contribution in [3.8, 4) is 0 Å². The van der Waals surface area contributed by atoms with Gasteiger partial charge < -0.3 is 9.47 Å². The Balaban J connectivity index is 1.92. The van der Waals surface area contributed by atoms with Crippen molar-refractivity contribution in [1.29, 1.82) is 0 Å². The molecular weight excluding hydrogens is 475 g/mol. The number of para-hydroxylation sites is 2. The number of fused-ring (bicyclic) bond motifs is 1. The fourth-order valence-corrected chi connectivity index (χ4v) is 3.77. The van der Waals surface area contributed by atoms with Gasteiger partial charge in [0, 0.05) is 21.7 Å². The molecule has 0 saturated heterocycles. The van der Waals surface area contributed by atoms with E-state index >= 15 is 0 Å². The van der Waals surface area contributed by atoms with Crippen LogP contribution >= 0.6 is 34.2 Å². The zero-order valence-corrected chi connectivity index (χ0v) is 18.3. The third-order valence-electron chi connectivity index (χ3n) is 4.59. The second kappa shape index (κ2) is 9.03. The number of imidazole rings is 1. The fourth-order valence-electron chi connectivity index (χ4n) is 3.02. The Morgan fingerprint density at radius 3 is 2.70 bits per heavy atom. The fraction of sp³-hybridized carbons (Fsp3) is 0.300. The van der Waals surface area contributed by atoms with Gasteiger partial charge >= 0.3 is 0 Å². The number of nitrogens with zero attached hydrogens (tertiary/aromatic N) is 3. The molecule has 1 aromatic heterocycles. The van der Waals surface area contributed by atoms with E-state index in [0.29, 0.717) is 16.5 Å². The van der Waals surface area contributed by atoms with Crippen LogP contribution in [0.5, 0.6) is 0 Å². The summed E-state index contributed by atoms with van der Waals surface area (Å²) in [6, 6.07) is 13.2. The van der Waals surface area contributed by atoms with Crippen molar-refractivity contribution in [1.82, 2.24) is 14.5 Å². The second-order valence-corrected chi connectivity index (χ2v) is 7.78. The Labute approximate surface area is 177 Å². The van der Waals surface area contributed by atoms with Crippen molar-refractivity contribution < 1.29 is 4.79 Å². The summed E-state index contributed by atoms with van der Waals surface area (Å²) in [5, 5.41) is 3.51. The van der Waals surface area contributed by atoms with Crippen LogP contribution in [0.3, 0.4) is 0 Å². The summed E-state index contributed by atoms with van der Waals surface area (Å²) < 4.78 is 2.92. The molecule has 1 amide bonds. The van der Waals surface area contributed by atoms with Crippen molar-refractivity contribution in [2.75, 3.05) is 25.0 Å². The van der Waals surface area contributed by atoms with Crippen LogP contribution in [0.15, 0.2) is 42.5 Å². The summed E-state index contributed by atoms with van der Waals surface area (Å²) in [5.74, 6) is 0.352. The minimum absolute atomic E-state index is 0.207. The Bertz CT molecular complexity index is 952. The molecule has 0 radical (unpaired) electrons. The Morgan fingerprint density at radius 2 is 1.96 bits per heavy atom. The summed E-state index contributed by atoms with van der Waals surface area (Å²) in [6.07, 6.45) is 0. The molecule has 142 valence electrons. The molecule has 2 aromatic carbocycles. The molecule has 7 heteroatoms. The Morgan fingerprint density at radius 1 is 1.22 bits per heavy atom. The molecule has 0 bridgehead atoms. The molecule has 1 N–H and O–H groups in total. The zero-order valence-electron chi connectivity index (χ0n) is 15.4. The first-order valence-corrected chi connectivity index (χ1v) is 10.4. The van der Waals surface area contributed by atoms with Gasteiger partial charge in [-0.15, -0.1) is 0 Å². The molecule has 0 spiro atoms. The average molecular weight is 497 g/mol. The monoisotopic (exact) mass is 496 g/mol. The first-order chi connectivity index (χ1) is 13.0. The molecule has 0 saturated carbocycles. The van der Waals surface area contributed by atoms with Gasteiger partial charge in [-0.3, -0.25) is 10.1 Å². The van der Waals surface area contributed by atoms with Crippen LogP contribution in [-0.4, -0.2) is 40.0 Å². The van der Waals surface area contributed by atoms with E-state index < -0.39 is 0 Å². The number of rotatable bonds is 7. The molecular formula is C20H22ClIN4O. The molecule has 0 atom stereocenters. The van der Waals surface area contributed by atoms with Gasteiger partial charge in [0.2, 0.25) is 5.95 Å². The Hall–Kier alpha value is -1.64. The Kier molecular flexibility index (Phi) is 6.73. The van der Waals surface area contributed by atoms with Gasteiger partial charge in [0.05, 0.1) is 16.6 Å². The van der Waals surface area contributed by atoms with Crippen LogP contribution in [0.4, 0.5) is 5.95 Å². The van der Waals surface area contributed by atoms with E-state index in [2.05, 4.69) is 56.2 Å². The van der Waals surface area contributed by atoms with E-state index in [1.807, 2.05) is 30.3 Å². The number of carbonyl (C=O) groups excluding carboxylic acids is 1. The number of halogens is 2. The maximum atomic E-state index is 12.8. The second-order valence-electron chi connectivity index (χ2n) is 6.18. The summed E-state index contributed by atoms with van der Waals surface area (Å²) in [6.45, 7) is 7.94.